The Balaban J connectivity index is 0.00000192. The predicted molar refractivity (Wildman–Crippen MR) is 122 cm³/mol. The third-order valence-electron chi connectivity index (χ3n) is 4.73. The maximum atomic E-state index is 12.7. The van der Waals surface area contributed by atoms with Crippen molar-refractivity contribution < 1.29 is 4.79 Å². The molecular weight excluding hydrogens is 430 g/mol. The first-order chi connectivity index (χ1) is 13.2. The monoisotopic (exact) mass is 447 g/mol. The molecule has 0 saturated heterocycles. The van der Waals surface area contributed by atoms with Crippen molar-refractivity contribution in [2.45, 2.75) is 13.0 Å². The topological polar surface area (TPSA) is 45.2 Å². The minimum Gasteiger partial charge on any atom is -0.312 e. The lowest BCUT2D eigenvalue weighted by molar-refractivity contribution is 0.103. The van der Waals surface area contributed by atoms with E-state index >= 15 is 0 Å². The number of halogens is 1. The molecule has 5 rings (SSSR count). The Morgan fingerprint density at radius 1 is 1.18 bits per heavy atom. The van der Waals surface area contributed by atoms with Crippen LogP contribution in [0.4, 0.5) is 5.00 Å². The van der Waals surface area contributed by atoms with Crippen LogP contribution in [0.1, 0.15) is 20.1 Å². The zero-order valence-corrected chi connectivity index (χ0v) is 18.4. The van der Waals surface area contributed by atoms with Gasteiger partial charge in [0.15, 0.2) is 0 Å². The lowest BCUT2D eigenvalue weighted by atomic mass is 10.0. The van der Waals surface area contributed by atoms with Crippen molar-refractivity contribution >= 4 is 67.5 Å². The van der Waals surface area contributed by atoms with E-state index in [1.165, 1.54) is 26.5 Å². The van der Waals surface area contributed by atoms with Crippen LogP contribution >= 0.6 is 46.4 Å². The summed E-state index contributed by atoms with van der Waals surface area (Å²) in [5.41, 5.74) is 3.48. The van der Waals surface area contributed by atoms with Crippen LogP contribution in [0.5, 0.6) is 0 Å². The molecule has 1 N–H and O–H groups in total. The molecular formula is C20H18ClN3OS3. The first-order valence-electron chi connectivity index (χ1n) is 8.73. The number of rotatable bonds is 3. The molecule has 8 heteroatoms. The standard InChI is InChI=1S/C20H17N3OS3.ClH/c1-23-9-8-12-16(11-23)27-20(22-18(24)15-7-4-10-25-15)17(12)19-21-13-5-2-3-6-14(13)26-19;/h2-7,10H,8-9,11H2,1H3,(H,22,24);1H. The number of aromatic nitrogens is 1. The Hall–Kier alpha value is -1.77. The van der Waals surface area contributed by atoms with Gasteiger partial charge < -0.3 is 10.2 Å². The number of benzene rings is 1. The van der Waals surface area contributed by atoms with Crippen LogP contribution in [-0.4, -0.2) is 29.4 Å². The molecule has 0 radical (unpaired) electrons. The number of para-hydroxylation sites is 1. The number of hydrogen-bond donors (Lipinski definition) is 1. The summed E-state index contributed by atoms with van der Waals surface area (Å²) in [6.45, 7) is 1.95. The number of carbonyl (C=O) groups is 1. The van der Waals surface area contributed by atoms with Gasteiger partial charge in [0.1, 0.15) is 10.0 Å². The largest absolute Gasteiger partial charge is 0.312 e. The van der Waals surface area contributed by atoms with Gasteiger partial charge in [0.25, 0.3) is 5.91 Å². The van der Waals surface area contributed by atoms with Gasteiger partial charge in [0, 0.05) is 23.5 Å². The van der Waals surface area contributed by atoms with Crippen LogP contribution in [0, 0.1) is 0 Å². The summed E-state index contributed by atoms with van der Waals surface area (Å²) in [5, 5.41) is 7.02. The van der Waals surface area contributed by atoms with E-state index in [1.807, 2.05) is 35.7 Å². The van der Waals surface area contributed by atoms with Gasteiger partial charge in [-0.15, -0.1) is 46.4 Å². The first-order valence-corrected chi connectivity index (χ1v) is 11.2. The first kappa shape index (κ1) is 19.5. The van der Waals surface area contributed by atoms with Gasteiger partial charge in [-0.3, -0.25) is 4.79 Å². The number of hydrogen-bond acceptors (Lipinski definition) is 6. The van der Waals surface area contributed by atoms with Crippen LogP contribution in [0.3, 0.4) is 0 Å². The Kier molecular flexibility index (Phi) is 5.53. The lowest BCUT2D eigenvalue weighted by Crippen LogP contribution is -2.25. The third-order valence-corrected chi connectivity index (χ3v) is 7.78. The van der Waals surface area contributed by atoms with E-state index in [0.717, 1.165) is 45.5 Å². The molecule has 0 spiro atoms. The molecule has 1 amide bonds. The zero-order chi connectivity index (χ0) is 18.4. The average molecular weight is 448 g/mol. The van der Waals surface area contributed by atoms with Gasteiger partial charge in [-0.25, -0.2) is 4.98 Å². The lowest BCUT2D eigenvalue weighted by Gasteiger charge is -2.22. The second-order valence-electron chi connectivity index (χ2n) is 6.61. The maximum absolute atomic E-state index is 12.7. The van der Waals surface area contributed by atoms with Crippen LogP contribution < -0.4 is 5.32 Å². The number of nitrogens with one attached hydrogen (secondary N) is 1. The van der Waals surface area contributed by atoms with E-state index < -0.39 is 0 Å². The van der Waals surface area contributed by atoms with E-state index in [2.05, 4.69) is 23.3 Å². The Labute approximate surface area is 181 Å². The van der Waals surface area contributed by atoms with Crippen molar-refractivity contribution in [3.05, 3.63) is 57.1 Å². The number of anilines is 1. The fourth-order valence-electron chi connectivity index (χ4n) is 3.40. The fraction of sp³-hybridized carbons (Fsp3) is 0.200. The number of amides is 1. The molecule has 4 heterocycles. The molecule has 0 atom stereocenters. The van der Waals surface area contributed by atoms with Crippen molar-refractivity contribution in [3.8, 4) is 10.6 Å². The molecule has 0 fully saturated rings. The number of thiophene rings is 2. The second kappa shape index (κ2) is 7.93. The van der Waals surface area contributed by atoms with Gasteiger partial charge >= 0.3 is 0 Å². The van der Waals surface area contributed by atoms with Crippen LogP contribution in [0.2, 0.25) is 0 Å². The van der Waals surface area contributed by atoms with Crippen molar-refractivity contribution in [1.82, 2.24) is 9.88 Å². The number of carbonyl (C=O) groups excluding carboxylic acids is 1. The fourth-order valence-corrected chi connectivity index (χ4v) is 6.45. The molecule has 1 aromatic carbocycles. The number of likely N-dealkylation sites (N-methyl/N-ethyl adjacent to an activating group) is 1. The van der Waals surface area contributed by atoms with Gasteiger partial charge in [0.05, 0.1) is 15.1 Å². The molecule has 1 aliphatic heterocycles. The summed E-state index contributed by atoms with van der Waals surface area (Å²) in [7, 11) is 2.14. The Morgan fingerprint density at radius 3 is 2.82 bits per heavy atom. The van der Waals surface area contributed by atoms with Gasteiger partial charge in [-0.1, -0.05) is 18.2 Å². The van der Waals surface area contributed by atoms with Gasteiger partial charge in [-0.05, 0) is 42.6 Å². The minimum absolute atomic E-state index is 0. The summed E-state index contributed by atoms with van der Waals surface area (Å²) in [4.78, 5) is 22.0. The molecule has 4 aromatic rings. The quantitative estimate of drug-likeness (QED) is 0.435. The number of nitrogens with zero attached hydrogens (tertiary/aromatic N) is 2. The van der Waals surface area contributed by atoms with Crippen molar-refractivity contribution in [2.75, 3.05) is 18.9 Å². The summed E-state index contributed by atoms with van der Waals surface area (Å²) < 4.78 is 1.18. The highest BCUT2D eigenvalue weighted by molar-refractivity contribution is 7.23. The molecule has 0 unspecified atom stereocenters. The van der Waals surface area contributed by atoms with E-state index in [9.17, 15) is 4.79 Å². The van der Waals surface area contributed by atoms with Crippen molar-refractivity contribution in [3.63, 3.8) is 0 Å². The van der Waals surface area contributed by atoms with E-state index in [4.69, 9.17) is 4.98 Å². The molecule has 3 aromatic heterocycles. The molecule has 0 bridgehead atoms. The normalized spacial score (nSPS) is 13.9. The maximum Gasteiger partial charge on any atom is 0.266 e. The summed E-state index contributed by atoms with van der Waals surface area (Å²) in [6.07, 6.45) is 0.989. The molecule has 144 valence electrons. The Morgan fingerprint density at radius 2 is 2.04 bits per heavy atom. The second-order valence-corrected chi connectivity index (χ2v) is 9.70. The van der Waals surface area contributed by atoms with E-state index in [0.29, 0.717) is 0 Å². The number of fused-ring (bicyclic) bond motifs is 2. The highest BCUT2D eigenvalue weighted by Gasteiger charge is 2.27. The van der Waals surface area contributed by atoms with Crippen molar-refractivity contribution in [1.29, 1.82) is 0 Å². The smallest absolute Gasteiger partial charge is 0.266 e. The number of thiazole rings is 1. The Bertz CT molecular complexity index is 1100. The van der Waals surface area contributed by atoms with Crippen molar-refractivity contribution in [2.24, 2.45) is 0 Å². The summed E-state index contributed by atoms with van der Waals surface area (Å²) in [5.74, 6) is -0.0423. The summed E-state index contributed by atoms with van der Waals surface area (Å²) in [6, 6.07) is 12.0. The third kappa shape index (κ3) is 3.49. The molecule has 4 nitrogen and oxygen atoms in total. The van der Waals surface area contributed by atoms with Crippen LogP contribution in [0.25, 0.3) is 20.8 Å². The van der Waals surface area contributed by atoms with Gasteiger partial charge in [-0.2, -0.15) is 0 Å². The SMILES string of the molecule is CN1CCc2c(sc(NC(=O)c3cccs3)c2-c2nc3ccccc3s2)C1.Cl. The van der Waals surface area contributed by atoms with Crippen LogP contribution in [0.15, 0.2) is 41.8 Å². The van der Waals surface area contributed by atoms with Gasteiger partial charge in [0.2, 0.25) is 0 Å². The predicted octanol–water partition coefficient (Wildman–Crippen LogP) is 5.75. The average Bonchev–Trinajstić information content (AvgIpc) is 3.38. The molecule has 1 aliphatic rings. The van der Waals surface area contributed by atoms with E-state index in [-0.39, 0.29) is 18.3 Å². The minimum atomic E-state index is -0.0423. The highest BCUT2D eigenvalue weighted by atomic mass is 35.5. The van der Waals surface area contributed by atoms with E-state index in [1.54, 1.807) is 22.7 Å². The molecule has 0 saturated carbocycles. The molecule has 28 heavy (non-hydrogen) atoms. The highest BCUT2D eigenvalue weighted by Crippen LogP contribution is 2.45. The molecule has 0 aliphatic carbocycles. The van der Waals surface area contributed by atoms with Crippen LogP contribution in [-0.2, 0) is 13.0 Å². The zero-order valence-electron chi connectivity index (χ0n) is 15.1. The summed E-state index contributed by atoms with van der Waals surface area (Å²) >= 11 is 4.86.